The molecule has 0 bridgehead atoms. The second-order valence-corrected chi connectivity index (χ2v) is 5.65. The van der Waals surface area contributed by atoms with Gasteiger partial charge in [0.25, 0.3) is 0 Å². The van der Waals surface area contributed by atoms with Crippen molar-refractivity contribution in [2.75, 3.05) is 23.8 Å². The molecule has 0 saturated carbocycles. The van der Waals surface area contributed by atoms with Gasteiger partial charge in [-0.1, -0.05) is 29.8 Å². The van der Waals surface area contributed by atoms with Crippen LogP contribution in [0.25, 0.3) is 0 Å². The van der Waals surface area contributed by atoms with Crippen LogP contribution in [0.4, 0.5) is 21.0 Å². The Labute approximate surface area is 156 Å². The fraction of sp³-hybridized carbons (Fsp3) is 0.167. The van der Waals surface area contributed by atoms with Crippen LogP contribution >= 0.6 is 11.6 Å². The number of urea groups is 1. The molecule has 3 amide bonds. The van der Waals surface area contributed by atoms with Crippen LogP contribution in [0, 0.1) is 18.3 Å². The summed E-state index contributed by atoms with van der Waals surface area (Å²) in [5.74, 6) is 0.155. The van der Waals surface area contributed by atoms with E-state index in [0.717, 1.165) is 10.5 Å². The number of nitrogens with zero attached hydrogens (tertiary/aromatic N) is 2. The number of hydrogen-bond acceptors (Lipinski definition) is 4. The standard InChI is InChI=1S/C18H17ClN4O3/c1-12-7-8-13(11-14(12)19)23(10-9-20)18(25)26-16-6-4-3-5-15(16)22-17(24)21-2/h3-8,11H,10H2,1-2H3,(H2,21,22,24). The molecule has 7 nitrogen and oxygen atoms in total. The minimum atomic E-state index is -0.766. The summed E-state index contributed by atoms with van der Waals surface area (Å²) in [6, 6.07) is 13.0. The summed E-state index contributed by atoms with van der Waals surface area (Å²) in [6.45, 7) is 1.61. The number of benzene rings is 2. The van der Waals surface area contributed by atoms with E-state index in [1.807, 2.05) is 13.0 Å². The zero-order valence-corrected chi connectivity index (χ0v) is 15.0. The van der Waals surface area contributed by atoms with Gasteiger partial charge in [-0.25, -0.2) is 9.59 Å². The van der Waals surface area contributed by atoms with Gasteiger partial charge in [0.15, 0.2) is 5.75 Å². The highest BCUT2D eigenvalue weighted by Crippen LogP contribution is 2.27. The van der Waals surface area contributed by atoms with Gasteiger partial charge in [-0.05, 0) is 36.8 Å². The Morgan fingerprint density at radius 1 is 1.27 bits per heavy atom. The number of carbonyl (C=O) groups excluding carboxylic acids is 2. The monoisotopic (exact) mass is 372 g/mol. The molecule has 26 heavy (non-hydrogen) atoms. The Bertz CT molecular complexity index is 864. The molecule has 2 aromatic carbocycles. The number of nitriles is 1. The molecule has 0 heterocycles. The van der Waals surface area contributed by atoms with E-state index in [4.69, 9.17) is 21.6 Å². The van der Waals surface area contributed by atoms with Crippen molar-refractivity contribution in [3.8, 4) is 11.8 Å². The van der Waals surface area contributed by atoms with Gasteiger partial charge in [0.05, 0.1) is 11.8 Å². The summed E-state index contributed by atoms with van der Waals surface area (Å²) in [5, 5.41) is 14.5. The lowest BCUT2D eigenvalue weighted by molar-refractivity contribution is 0.208. The molecule has 0 fully saturated rings. The second-order valence-electron chi connectivity index (χ2n) is 5.25. The number of hydrogen-bond donors (Lipinski definition) is 2. The van der Waals surface area contributed by atoms with Gasteiger partial charge in [0.1, 0.15) is 6.54 Å². The van der Waals surface area contributed by atoms with E-state index in [0.29, 0.717) is 16.4 Å². The van der Waals surface area contributed by atoms with Crippen molar-refractivity contribution in [3.63, 3.8) is 0 Å². The van der Waals surface area contributed by atoms with Crippen LogP contribution in [0.3, 0.4) is 0 Å². The Morgan fingerprint density at radius 2 is 2.00 bits per heavy atom. The molecule has 2 aromatic rings. The average Bonchev–Trinajstić information content (AvgIpc) is 2.63. The molecule has 0 atom stereocenters. The molecule has 0 aliphatic carbocycles. The summed E-state index contributed by atoms with van der Waals surface area (Å²) < 4.78 is 5.38. The first kappa shape index (κ1) is 19.1. The molecular weight excluding hydrogens is 356 g/mol. The van der Waals surface area contributed by atoms with Crippen molar-refractivity contribution in [1.82, 2.24) is 5.32 Å². The Hall–Kier alpha value is -3.24. The number of anilines is 2. The highest BCUT2D eigenvalue weighted by molar-refractivity contribution is 6.31. The average molecular weight is 373 g/mol. The number of carbonyl (C=O) groups is 2. The van der Waals surface area contributed by atoms with Crippen molar-refractivity contribution in [1.29, 1.82) is 5.26 Å². The lowest BCUT2D eigenvalue weighted by Gasteiger charge is -2.20. The van der Waals surface area contributed by atoms with Crippen LogP contribution in [0.1, 0.15) is 5.56 Å². The number of para-hydroxylation sites is 2. The molecule has 0 aromatic heterocycles. The third-order valence-electron chi connectivity index (χ3n) is 3.48. The molecule has 2 N–H and O–H groups in total. The maximum absolute atomic E-state index is 12.6. The molecule has 0 aliphatic rings. The quantitative estimate of drug-likeness (QED) is 0.795. The van der Waals surface area contributed by atoms with Crippen LogP contribution in [0.5, 0.6) is 5.75 Å². The van der Waals surface area contributed by atoms with Gasteiger partial charge in [-0.3, -0.25) is 4.90 Å². The normalized spacial score (nSPS) is 9.77. The third kappa shape index (κ3) is 4.65. The largest absolute Gasteiger partial charge is 0.420 e. The number of nitrogens with one attached hydrogen (secondary N) is 2. The lowest BCUT2D eigenvalue weighted by atomic mass is 10.2. The van der Waals surface area contributed by atoms with Gasteiger partial charge < -0.3 is 15.4 Å². The topological polar surface area (TPSA) is 94.5 Å². The maximum Gasteiger partial charge on any atom is 0.420 e. The van der Waals surface area contributed by atoms with E-state index in [2.05, 4.69) is 10.6 Å². The summed E-state index contributed by atoms with van der Waals surface area (Å²) in [5.41, 5.74) is 1.60. The summed E-state index contributed by atoms with van der Waals surface area (Å²) in [4.78, 5) is 25.3. The first-order valence-corrected chi connectivity index (χ1v) is 8.04. The molecule has 0 radical (unpaired) electrons. The van der Waals surface area contributed by atoms with Crippen molar-refractivity contribution < 1.29 is 14.3 Å². The summed E-state index contributed by atoms with van der Waals surface area (Å²) in [7, 11) is 1.47. The molecular formula is C18H17ClN4O3. The fourth-order valence-electron chi connectivity index (χ4n) is 2.07. The molecule has 134 valence electrons. The fourth-order valence-corrected chi connectivity index (χ4v) is 2.25. The second kappa shape index (κ2) is 8.74. The Kier molecular flexibility index (Phi) is 6.42. The van der Waals surface area contributed by atoms with E-state index in [1.54, 1.807) is 36.4 Å². The SMILES string of the molecule is CNC(=O)Nc1ccccc1OC(=O)N(CC#N)c1ccc(C)c(Cl)c1. The number of aryl methyl sites for hydroxylation is 1. The van der Waals surface area contributed by atoms with Gasteiger partial charge in [-0.15, -0.1) is 0 Å². The lowest BCUT2D eigenvalue weighted by Crippen LogP contribution is -2.34. The number of halogens is 1. The minimum Gasteiger partial charge on any atom is -0.408 e. The smallest absolute Gasteiger partial charge is 0.408 e. The Morgan fingerprint density at radius 3 is 2.65 bits per heavy atom. The molecule has 0 unspecified atom stereocenters. The first-order chi connectivity index (χ1) is 12.5. The summed E-state index contributed by atoms with van der Waals surface area (Å²) in [6.07, 6.45) is -0.766. The van der Waals surface area contributed by atoms with E-state index in [1.165, 1.54) is 13.1 Å². The first-order valence-electron chi connectivity index (χ1n) is 7.66. The third-order valence-corrected chi connectivity index (χ3v) is 3.88. The molecule has 0 spiro atoms. The molecule has 8 heteroatoms. The van der Waals surface area contributed by atoms with Gasteiger partial charge in [0.2, 0.25) is 0 Å². The van der Waals surface area contributed by atoms with E-state index in [-0.39, 0.29) is 12.3 Å². The summed E-state index contributed by atoms with van der Waals surface area (Å²) >= 11 is 6.11. The van der Waals surface area contributed by atoms with E-state index in [9.17, 15) is 9.59 Å². The zero-order valence-electron chi connectivity index (χ0n) is 14.2. The Balaban J connectivity index is 2.27. The van der Waals surface area contributed by atoms with Crippen molar-refractivity contribution in [3.05, 3.63) is 53.1 Å². The van der Waals surface area contributed by atoms with Gasteiger partial charge >= 0.3 is 12.1 Å². The van der Waals surface area contributed by atoms with E-state index < -0.39 is 12.1 Å². The maximum atomic E-state index is 12.6. The van der Waals surface area contributed by atoms with Crippen LogP contribution in [0.2, 0.25) is 5.02 Å². The molecule has 2 rings (SSSR count). The molecule has 0 aliphatic heterocycles. The highest BCUT2D eigenvalue weighted by Gasteiger charge is 2.20. The zero-order chi connectivity index (χ0) is 19.1. The van der Waals surface area contributed by atoms with Crippen LogP contribution < -0.4 is 20.3 Å². The number of rotatable bonds is 4. The van der Waals surface area contributed by atoms with Crippen LogP contribution in [-0.2, 0) is 0 Å². The minimum absolute atomic E-state index is 0.155. The van der Waals surface area contributed by atoms with Gasteiger partial charge in [0, 0.05) is 17.8 Å². The van der Waals surface area contributed by atoms with Gasteiger partial charge in [-0.2, -0.15) is 5.26 Å². The van der Waals surface area contributed by atoms with E-state index >= 15 is 0 Å². The highest BCUT2D eigenvalue weighted by atomic mass is 35.5. The van der Waals surface area contributed by atoms with Crippen molar-refractivity contribution in [2.45, 2.75) is 6.92 Å². The number of ether oxygens (including phenoxy) is 1. The van der Waals surface area contributed by atoms with Crippen molar-refractivity contribution in [2.24, 2.45) is 0 Å². The predicted molar refractivity (Wildman–Crippen MR) is 99.7 cm³/mol. The number of amides is 3. The predicted octanol–water partition coefficient (Wildman–Crippen LogP) is 3.93. The van der Waals surface area contributed by atoms with Crippen molar-refractivity contribution >= 4 is 35.1 Å². The molecule has 0 saturated heterocycles. The van der Waals surface area contributed by atoms with Crippen LogP contribution in [0.15, 0.2) is 42.5 Å². The van der Waals surface area contributed by atoms with Crippen LogP contribution in [-0.4, -0.2) is 25.7 Å².